The molecule has 1 atom stereocenters. The van der Waals surface area contributed by atoms with Crippen molar-refractivity contribution in [3.05, 3.63) is 122 Å². The number of rotatable bonds is 49. The third-order valence-electron chi connectivity index (χ3n) is 11.4. The van der Waals surface area contributed by atoms with Crippen LogP contribution in [0, 0.1) is 0 Å². The van der Waals surface area contributed by atoms with E-state index >= 15 is 0 Å². The Morgan fingerprint density at radius 3 is 1.00 bits per heavy atom. The third-order valence-corrected chi connectivity index (χ3v) is 11.4. The number of carbonyl (C=O) groups excluding carboxylic acids is 3. The molecule has 0 heterocycles. The molecule has 0 spiro atoms. The normalized spacial score (nSPS) is 13.0. The molecule has 0 fully saturated rings. The molecule has 0 amide bonds. The molecule has 1 unspecified atom stereocenters. The van der Waals surface area contributed by atoms with Gasteiger partial charge in [-0.05, 0) is 116 Å². The monoisotopic (exact) mass is 955 g/mol. The average Bonchev–Trinajstić information content (AvgIpc) is 3.35. The molecule has 0 aromatic rings. The van der Waals surface area contributed by atoms with Crippen LogP contribution in [-0.2, 0) is 28.6 Å². The molecule has 0 N–H and O–H groups in total. The zero-order chi connectivity index (χ0) is 50.0. The number of allylic oxidation sites excluding steroid dienone is 20. The van der Waals surface area contributed by atoms with Crippen molar-refractivity contribution in [2.45, 2.75) is 245 Å². The minimum Gasteiger partial charge on any atom is -0.462 e. The van der Waals surface area contributed by atoms with Crippen LogP contribution in [0.3, 0.4) is 0 Å². The van der Waals surface area contributed by atoms with Crippen molar-refractivity contribution < 1.29 is 28.6 Å². The summed E-state index contributed by atoms with van der Waals surface area (Å²) in [6.07, 6.45) is 77.7. The van der Waals surface area contributed by atoms with E-state index in [2.05, 4.69) is 136 Å². The Hall–Kier alpha value is -4.19. The molecule has 390 valence electrons. The highest BCUT2D eigenvalue weighted by molar-refractivity contribution is 5.71. The molecule has 0 aliphatic carbocycles. The summed E-state index contributed by atoms with van der Waals surface area (Å²) >= 11 is 0. The molecule has 0 bridgehead atoms. The highest BCUT2D eigenvalue weighted by atomic mass is 16.6. The van der Waals surface area contributed by atoms with Gasteiger partial charge in [-0.25, -0.2) is 0 Å². The van der Waals surface area contributed by atoms with Gasteiger partial charge >= 0.3 is 17.9 Å². The summed E-state index contributed by atoms with van der Waals surface area (Å²) in [5.41, 5.74) is 0. The number of unbranched alkanes of at least 4 members (excludes halogenated alkanes) is 18. The van der Waals surface area contributed by atoms with Crippen LogP contribution in [-0.4, -0.2) is 37.2 Å². The fourth-order valence-corrected chi connectivity index (χ4v) is 7.30. The highest BCUT2D eigenvalue weighted by Crippen LogP contribution is 2.14. The molecular weight excluding hydrogens is 853 g/mol. The Morgan fingerprint density at radius 1 is 0.304 bits per heavy atom. The average molecular weight is 956 g/mol. The van der Waals surface area contributed by atoms with Gasteiger partial charge in [-0.15, -0.1) is 0 Å². The molecule has 0 saturated carbocycles. The third kappa shape index (κ3) is 54.6. The van der Waals surface area contributed by atoms with Crippen LogP contribution in [0.1, 0.15) is 239 Å². The van der Waals surface area contributed by atoms with Gasteiger partial charge in [0.1, 0.15) is 13.2 Å². The van der Waals surface area contributed by atoms with E-state index in [9.17, 15) is 14.4 Å². The van der Waals surface area contributed by atoms with E-state index < -0.39 is 6.10 Å². The van der Waals surface area contributed by atoms with Gasteiger partial charge in [-0.3, -0.25) is 14.4 Å². The molecule has 6 nitrogen and oxygen atoms in total. The second kappa shape index (κ2) is 56.4. The lowest BCUT2D eigenvalue weighted by Crippen LogP contribution is -2.30. The van der Waals surface area contributed by atoms with Crippen LogP contribution >= 0.6 is 0 Å². The predicted octanol–water partition coefficient (Wildman–Crippen LogP) is 18.9. The van der Waals surface area contributed by atoms with E-state index in [1.165, 1.54) is 77.0 Å². The Labute approximate surface area is 424 Å². The summed E-state index contributed by atoms with van der Waals surface area (Å²) in [7, 11) is 0. The van der Waals surface area contributed by atoms with E-state index in [4.69, 9.17) is 14.2 Å². The Balaban J connectivity index is 4.52. The fourth-order valence-electron chi connectivity index (χ4n) is 7.30. The van der Waals surface area contributed by atoms with Crippen molar-refractivity contribution in [1.29, 1.82) is 0 Å². The van der Waals surface area contributed by atoms with Crippen molar-refractivity contribution in [2.75, 3.05) is 13.2 Å². The standard InChI is InChI=1S/C63H102O6/c1-4-7-10-13-16-19-22-25-27-29-31-33-35-38-41-44-47-50-53-56-62(65)68-59-60(58-67-61(64)55-52-49-46-43-40-37-24-21-18-15-12-9-6-3)69-63(66)57-54-51-48-45-42-39-36-34-32-30-28-26-23-20-17-14-11-8-5-2/h7-8,10-11,16-17,19-20,25-28,31,33,37-38,40-41,47,50,60H,4-6,9,12-15,18,21-24,29-30,32,34-36,39,42-46,48-49,51-59H2,1-3H3/b10-7-,11-8-,19-16-,20-17-,27-25-,28-26-,33-31-,40-37-,41-38-,50-47-. The van der Waals surface area contributed by atoms with Gasteiger partial charge in [0.05, 0.1) is 0 Å². The zero-order valence-electron chi connectivity index (χ0n) is 44.5. The largest absolute Gasteiger partial charge is 0.462 e. The quantitative estimate of drug-likeness (QED) is 0.0262. The molecule has 0 rings (SSSR count). The SMILES string of the molecule is CC/C=C\C/C=C\C/C=C\C/C=C\C/C=C\C/C=C\CCC(=O)OCC(COC(=O)CCCCC/C=C\CCCCCCCC)OC(=O)CCCCCCCCCCC/C=C\C/C=C\C/C=C\CC. The molecular formula is C63H102O6. The van der Waals surface area contributed by atoms with Gasteiger partial charge < -0.3 is 14.2 Å². The van der Waals surface area contributed by atoms with Crippen LogP contribution in [0.15, 0.2) is 122 Å². The van der Waals surface area contributed by atoms with Crippen molar-refractivity contribution >= 4 is 17.9 Å². The number of hydrogen-bond acceptors (Lipinski definition) is 6. The Kier molecular flexibility index (Phi) is 53.0. The van der Waals surface area contributed by atoms with Gasteiger partial charge in [0.25, 0.3) is 0 Å². The molecule has 6 heteroatoms. The molecule has 0 aromatic heterocycles. The Morgan fingerprint density at radius 2 is 0.594 bits per heavy atom. The first-order chi connectivity index (χ1) is 34.0. The number of hydrogen-bond donors (Lipinski definition) is 0. The lowest BCUT2D eigenvalue weighted by atomic mass is 10.1. The predicted molar refractivity (Wildman–Crippen MR) is 297 cm³/mol. The number of carbonyl (C=O) groups is 3. The second-order valence-electron chi connectivity index (χ2n) is 18.1. The lowest BCUT2D eigenvalue weighted by Gasteiger charge is -2.18. The van der Waals surface area contributed by atoms with Crippen molar-refractivity contribution in [1.82, 2.24) is 0 Å². The van der Waals surface area contributed by atoms with Gasteiger partial charge in [0, 0.05) is 19.3 Å². The fraction of sp³-hybridized carbons (Fsp3) is 0.635. The Bertz CT molecular complexity index is 1470. The van der Waals surface area contributed by atoms with E-state index in [0.29, 0.717) is 19.3 Å². The first-order valence-electron chi connectivity index (χ1n) is 28.0. The summed E-state index contributed by atoms with van der Waals surface area (Å²) in [4.78, 5) is 38.1. The molecule has 0 saturated heterocycles. The van der Waals surface area contributed by atoms with Gasteiger partial charge in [-0.1, -0.05) is 226 Å². The smallest absolute Gasteiger partial charge is 0.306 e. The lowest BCUT2D eigenvalue weighted by molar-refractivity contribution is -0.166. The summed E-state index contributed by atoms with van der Waals surface area (Å²) in [5.74, 6) is -1.02. The minimum atomic E-state index is -0.821. The summed E-state index contributed by atoms with van der Waals surface area (Å²) in [5, 5.41) is 0. The van der Waals surface area contributed by atoms with E-state index in [1.54, 1.807) is 0 Å². The minimum absolute atomic E-state index is 0.114. The maximum absolute atomic E-state index is 12.9. The maximum atomic E-state index is 12.9. The van der Waals surface area contributed by atoms with Gasteiger partial charge in [0.15, 0.2) is 6.10 Å². The van der Waals surface area contributed by atoms with Gasteiger partial charge in [-0.2, -0.15) is 0 Å². The van der Waals surface area contributed by atoms with Crippen molar-refractivity contribution in [3.8, 4) is 0 Å². The number of esters is 3. The summed E-state index contributed by atoms with van der Waals surface area (Å²) in [6.45, 7) is 6.32. The van der Waals surface area contributed by atoms with Crippen molar-refractivity contribution in [2.24, 2.45) is 0 Å². The first kappa shape index (κ1) is 64.8. The van der Waals surface area contributed by atoms with Crippen LogP contribution in [0.25, 0.3) is 0 Å². The molecule has 69 heavy (non-hydrogen) atoms. The molecule has 0 radical (unpaired) electrons. The van der Waals surface area contributed by atoms with Crippen LogP contribution in [0.4, 0.5) is 0 Å². The van der Waals surface area contributed by atoms with E-state index in [-0.39, 0.29) is 37.5 Å². The van der Waals surface area contributed by atoms with Crippen LogP contribution < -0.4 is 0 Å². The first-order valence-corrected chi connectivity index (χ1v) is 28.0. The molecule has 0 aliphatic heterocycles. The van der Waals surface area contributed by atoms with Crippen molar-refractivity contribution in [3.63, 3.8) is 0 Å². The summed E-state index contributed by atoms with van der Waals surface area (Å²) < 4.78 is 16.8. The van der Waals surface area contributed by atoms with Gasteiger partial charge in [0.2, 0.25) is 0 Å². The van der Waals surface area contributed by atoms with E-state index in [0.717, 1.165) is 116 Å². The molecule has 0 aromatic carbocycles. The zero-order valence-corrected chi connectivity index (χ0v) is 44.5. The topological polar surface area (TPSA) is 78.9 Å². The molecule has 0 aliphatic rings. The highest BCUT2D eigenvalue weighted by Gasteiger charge is 2.19. The van der Waals surface area contributed by atoms with Crippen LogP contribution in [0.2, 0.25) is 0 Å². The second-order valence-corrected chi connectivity index (χ2v) is 18.1. The van der Waals surface area contributed by atoms with Crippen LogP contribution in [0.5, 0.6) is 0 Å². The summed E-state index contributed by atoms with van der Waals surface area (Å²) in [6, 6.07) is 0. The maximum Gasteiger partial charge on any atom is 0.306 e. The number of ether oxygens (including phenoxy) is 3. The van der Waals surface area contributed by atoms with E-state index in [1.807, 2.05) is 6.08 Å².